The zero-order valence-corrected chi connectivity index (χ0v) is 17.4. The molecule has 0 bridgehead atoms. The fourth-order valence-electron chi connectivity index (χ4n) is 3.26. The summed E-state index contributed by atoms with van der Waals surface area (Å²) in [4.78, 5) is 28.3. The average molecular weight is 438 g/mol. The molecule has 0 saturated carbocycles. The monoisotopic (exact) mass is 438 g/mol. The topological polar surface area (TPSA) is 125 Å². The smallest absolute Gasteiger partial charge is 0.310 e. The molecule has 11 heteroatoms. The fourth-order valence-corrected chi connectivity index (χ4v) is 4.75. The number of aryl methyl sites for hydroxylation is 2. The number of rotatable bonds is 6. The predicted octanol–water partition coefficient (Wildman–Crippen LogP) is 1.04. The number of esters is 1. The Kier molecular flexibility index (Phi) is 6.22. The molecule has 2 N–H and O–H groups in total. The summed E-state index contributed by atoms with van der Waals surface area (Å²) in [5.74, 6) is -2.02. The van der Waals surface area contributed by atoms with Crippen molar-refractivity contribution < 1.29 is 27.1 Å². The third-order valence-corrected chi connectivity index (χ3v) is 6.91. The number of sulfonamides is 1. The van der Waals surface area contributed by atoms with Gasteiger partial charge < -0.3 is 15.0 Å². The summed E-state index contributed by atoms with van der Waals surface area (Å²) in [6, 6.07) is 4.92. The Bertz CT molecular complexity index is 1020. The lowest BCUT2D eigenvalue weighted by molar-refractivity contribution is -0.160. The Morgan fingerprint density at radius 2 is 1.83 bits per heavy atom. The van der Waals surface area contributed by atoms with Crippen LogP contribution in [0.25, 0.3) is 0 Å². The van der Waals surface area contributed by atoms with E-state index in [1.807, 2.05) is 0 Å². The Morgan fingerprint density at radius 1 is 1.23 bits per heavy atom. The number of benzene rings is 1. The van der Waals surface area contributed by atoms with Crippen LogP contribution in [0.1, 0.15) is 30.3 Å². The van der Waals surface area contributed by atoms with Crippen molar-refractivity contribution in [3.8, 4) is 0 Å². The van der Waals surface area contributed by atoms with Crippen LogP contribution in [0.4, 0.5) is 4.39 Å². The molecule has 1 unspecified atom stereocenters. The quantitative estimate of drug-likeness (QED) is 0.672. The molecular weight excluding hydrogens is 415 g/mol. The van der Waals surface area contributed by atoms with E-state index in [1.165, 1.54) is 22.6 Å². The first-order valence-electron chi connectivity index (χ1n) is 9.35. The minimum Gasteiger partial charge on any atom is -0.447 e. The molecule has 2 heterocycles. The number of imidazole rings is 1. The molecule has 1 fully saturated rings. The number of nitrogens with zero attached hydrogens (tertiary/aromatic N) is 3. The highest BCUT2D eigenvalue weighted by Crippen LogP contribution is 2.27. The first kappa shape index (κ1) is 21.9. The molecule has 162 valence electrons. The summed E-state index contributed by atoms with van der Waals surface area (Å²) in [6.45, 7) is 1.95. The van der Waals surface area contributed by atoms with Crippen molar-refractivity contribution in [2.75, 3.05) is 13.1 Å². The molecule has 9 nitrogen and oxygen atoms in total. The van der Waals surface area contributed by atoms with Gasteiger partial charge in [-0.05, 0) is 31.9 Å². The zero-order chi connectivity index (χ0) is 22.1. The molecule has 1 aromatic heterocycles. The van der Waals surface area contributed by atoms with Gasteiger partial charge in [0.15, 0.2) is 5.03 Å². The third-order valence-electron chi connectivity index (χ3n) is 5.14. The number of aromatic nitrogens is 2. The van der Waals surface area contributed by atoms with Crippen LogP contribution in [0.3, 0.4) is 0 Å². The SMILES string of the molecule is Cc1nc(S(=O)(=O)N2CCC(C(=O)OC(C(N)=O)c3ccc(F)cc3)CC2)cn1C. The lowest BCUT2D eigenvalue weighted by atomic mass is 9.98. The van der Waals surface area contributed by atoms with Crippen LogP contribution in [0.15, 0.2) is 35.5 Å². The second kappa shape index (κ2) is 8.52. The second-order valence-corrected chi connectivity index (χ2v) is 9.07. The summed E-state index contributed by atoms with van der Waals surface area (Å²) in [6.07, 6.45) is 0.583. The molecule has 1 amide bonds. The maximum Gasteiger partial charge on any atom is 0.310 e. The fraction of sp³-hybridized carbons (Fsp3) is 0.421. The number of carbonyl (C=O) groups excluding carboxylic acids is 2. The van der Waals surface area contributed by atoms with Gasteiger partial charge in [0.25, 0.3) is 15.9 Å². The van der Waals surface area contributed by atoms with Crippen molar-refractivity contribution in [3.63, 3.8) is 0 Å². The normalized spacial score (nSPS) is 16.9. The molecule has 30 heavy (non-hydrogen) atoms. The van der Waals surface area contributed by atoms with Crippen molar-refractivity contribution >= 4 is 21.9 Å². The standard InChI is InChI=1S/C19H23FN4O5S/c1-12-22-16(11-23(12)2)30(27,28)24-9-7-14(8-10-24)19(26)29-17(18(21)25)13-3-5-15(20)6-4-13/h3-6,11,14,17H,7-10H2,1-2H3,(H2,21,25). The molecule has 1 aliphatic rings. The Hall–Kier alpha value is -2.79. The van der Waals surface area contributed by atoms with Gasteiger partial charge in [-0.15, -0.1) is 0 Å². The van der Waals surface area contributed by atoms with Gasteiger partial charge in [-0.25, -0.2) is 17.8 Å². The van der Waals surface area contributed by atoms with E-state index in [0.29, 0.717) is 5.82 Å². The van der Waals surface area contributed by atoms with Gasteiger partial charge in [0, 0.05) is 31.9 Å². The lowest BCUT2D eigenvalue weighted by Gasteiger charge is -2.30. The first-order chi connectivity index (χ1) is 14.1. The molecule has 3 rings (SSSR count). The summed E-state index contributed by atoms with van der Waals surface area (Å²) in [7, 11) is -2.05. The first-order valence-corrected chi connectivity index (χ1v) is 10.8. The number of piperidine rings is 1. The van der Waals surface area contributed by atoms with Gasteiger partial charge in [-0.3, -0.25) is 9.59 Å². The van der Waals surface area contributed by atoms with E-state index < -0.39 is 39.7 Å². The van der Waals surface area contributed by atoms with Crippen molar-refractivity contribution in [3.05, 3.63) is 47.7 Å². The van der Waals surface area contributed by atoms with Gasteiger partial charge in [0.1, 0.15) is 11.6 Å². The number of nitrogens with two attached hydrogens (primary N) is 1. The minimum atomic E-state index is -3.76. The number of hydrogen-bond acceptors (Lipinski definition) is 6. The average Bonchev–Trinajstić information content (AvgIpc) is 3.06. The van der Waals surface area contributed by atoms with E-state index in [1.54, 1.807) is 18.5 Å². The Labute approximate surface area is 173 Å². The van der Waals surface area contributed by atoms with Gasteiger partial charge in [0.05, 0.1) is 5.92 Å². The maximum absolute atomic E-state index is 13.1. The Balaban J connectivity index is 1.64. The van der Waals surface area contributed by atoms with Crippen molar-refractivity contribution in [2.45, 2.75) is 30.9 Å². The van der Waals surface area contributed by atoms with Gasteiger partial charge >= 0.3 is 5.97 Å². The third kappa shape index (κ3) is 4.51. The maximum atomic E-state index is 13.1. The van der Waals surface area contributed by atoms with Gasteiger partial charge in [-0.1, -0.05) is 12.1 Å². The molecule has 1 aromatic carbocycles. The van der Waals surface area contributed by atoms with Crippen molar-refractivity contribution in [1.82, 2.24) is 13.9 Å². The van der Waals surface area contributed by atoms with E-state index in [2.05, 4.69) is 4.98 Å². The summed E-state index contributed by atoms with van der Waals surface area (Å²) in [5, 5.41) is -0.0337. The van der Waals surface area contributed by atoms with Crippen LogP contribution in [-0.2, 0) is 31.4 Å². The Morgan fingerprint density at radius 3 is 2.33 bits per heavy atom. The molecule has 2 aromatic rings. The summed E-state index contributed by atoms with van der Waals surface area (Å²) in [5.41, 5.74) is 5.60. The van der Waals surface area contributed by atoms with Crippen molar-refractivity contribution in [1.29, 1.82) is 0 Å². The number of ether oxygens (including phenoxy) is 1. The number of halogens is 1. The molecule has 0 spiro atoms. The number of amides is 1. The summed E-state index contributed by atoms with van der Waals surface area (Å²) >= 11 is 0. The van der Waals surface area contributed by atoms with Crippen LogP contribution in [0.2, 0.25) is 0 Å². The zero-order valence-electron chi connectivity index (χ0n) is 16.6. The minimum absolute atomic E-state index is 0.0337. The van der Waals surface area contributed by atoms with Crippen LogP contribution in [0.5, 0.6) is 0 Å². The molecule has 1 atom stereocenters. The molecular formula is C19H23FN4O5S. The van der Waals surface area contributed by atoms with E-state index in [-0.39, 0.29) is 36.5 Å². The molecule has 1 saturated heterocycles. The van der Waals surface area contributed by atoms with Gasteiger partial charge in [-0.2, -0.15) is 4.31 Å². The van der Waals surface area contributed by atoms with E-state index in [0.717, 1.165) is 12.1 Å². The summed E-state index contributed by atoms with van der Waals surface area (Å²) < 4.78 is 46.8. The van der Waals surface area contributed by atoms with Crippen LogP contribution >= 0.6 is 0 Å². The van der Waals surface area contributed by atoms with E-state index >= 15 is 0 Å². The van der Waals surface area contributed by atoms with Crippen molar-refractivity contribution in [2.24, 2.45) is 18.7 Å². The van der Waals surface area contributed by atoms with Crippen LogP contribution in [-0.4, -0.2) is 47.2 Å². The lowest BCUT2D eigenvalue weighted by Crippen LogP contribution is -2.41. The number of carbonyl (C=O) groups is 2. The number of primary amides is 1. The molecule has 0 radical (unpaired) electrons. The molecule has 0 aliphatic carbocycles. The van der Waals surface area contributed by atoms with E-state index in [4.69, 9.17) is 10.5 Å². The second-order valence-electron chi connectivity index (χ2n) is 7.19. The highest BCUT2D eigenvalue weighted by atomic mass is 32.2. The largest absolute Gasteiger partial charge is 0.447 e. The van der Waals surface area contributed by atoms with Crippen LogP contribution < -0.4 is 5.73 Å². The predicted molar refractivity (Wildman–Crippen MR) is 104 cm³/mol. The van der Waals surface area contributed by atoms with E-state index in [9.17, 15) is 22.4 Å². The molecule has 1 aliphatic heterocycles. The highest BCUT2D eigenvalue weighted by molar-refractivity contribution is 7.89. The number of hydrogen-bond donors (Lipinski definition) is 1. The van der Waals surface area contributed by atoms with Crippen LogP contribution in [0, 0.1) is 18.7 Å². The van der Waals surface area contributed by atoms with Gasteiger partial charge in [0.2, 0.25) is 6.10 Å². The highest BCUT2D eigenvalue weighted by Gasteiger charge is 2.35.